The molecule has 4 aliphatic carbocycles. The van der Waals surface area contributed by atoms with Gasteiger partial charge >= 0.3 is 11.9 Å². The number of Topliss-reactive ketones (excluding diaryl/α,β-unsaturated/α-hetero) is 1. The molecule has 0 saturated heterocycles. The zero-order valence-corrected chi connectivity index (χ0v) is 18.6. The van der Waals surface area contributed by atoms with Crippen LogP contribution in [-0.2, 0) is 19.1 Å². The molecule has 172 valence electrons. The molecule has 0 radical (unpaired) electrons. The van der Waals surface area contributed by atoms with E-state index in [1.807, 2.05) is 6.92 Å². The van der Waals surface area contributed by atoms with Crippen molar-refractivity contribution in [1.29, 1.82) is 0 Å². The third kappa shape index (κ3) is 3.49. The molecule has 3 fully saturated rings. The molecule has 0 spiro atoms. The number of fused-ring (bicyclic) bond motifs is 5. The van der Waals surface area contributed by atoms with E-state index in [1.165, 1.54) is 7.11 Å². The molecular weight excluding hydrogens is 400 g/mol. The Morgan fingerprint density at radius 1 is 1.13 bits per heavy atom. The summed E-state index contributed by atoms with van der Waals surface area (Å²) in [5.74, 6) is -4.21. The summed E-state index contributed by atoms with van der Waals surface area (Å²) >= 11 is 0. The number of rotatable bonds is 4. The van der Waals surface area contributed by atoms with E-state index in [9.17, 15) is 29.7 Å². The van der Waals surface area contributed by atoms with Crippen LogP contribution in [0.4, 0.5) is 0 Å². The summed E-state index contributed by atoms with van der Waals surface area (Å²) in [6.45, 7) is 4.27. The third-order valence-electron chi connectivity index (χ3n) is 9.41. The van der Waals surface area contributed by atoms with E-state index in [1.54, 1.807) is 6.08 Å². The lowest BCUT2D eigenvalue weighted by atomic mass is 9.44. The number of carbonyl (C=O) groups excluding carboxylic acids is 3. The van der Waals surface area contributed by atoms with E-state index in [0.717, 1.165) is 37.7 Å². The predicted molar refractivity (Wildman–Crippen MR) is 110 cm³/mol. The minimum Gasteiger partial charge on any atom is -0.469 e. The zero-order chi connectivity index (χ0) is 22.8. The van der Waals surface area contributed by atoms with Gasteiger partial charge in [-0.25, -0.2) is 0 Å². The summed E-state index contributed by atoms with van der Waals surface area (Å²) in [7, 11) is 1.38. The van der Waals surface area contributed by atoms with E-state index in [0.29, 0.717) is 18.8 Å². The van der Waals surface area contributed by atoms with Crippen molar-refractivity contribution >= 4 is 17.5 Å². The van der Waals surface area contributed by atoms with Gasteiger partial charge in [-0.2, -0.15) is 0 Å². The molecule has 4 aliphatic rings. The van der Waals surface area contributed by atoms with Crippen LogP contribution in [0.25, 0.3) is 0 Å². The number of esters is 1. The molecule has 7 nitrogen and oxygen atoms in total. The van der Waals surface area contributed by atoms with Gasteiger partial charge in [-0.1, -0.05) is 19.4 Å². The lowest BCUT2D eigenvalue weighted by Crippen LogP contribution is -2.54. The molecule has 0 aliphatic heterocycles. The summed E-state index contributed by atoms with van der Waals surface area (Å²) in [5, 5.41) is 28.6. The van der Waals surface area contributed by atoms with Crippen molar-refractivity contribution in [2.75, 3.05) is 7.11 Å². The Bertz CT molecular complexity index is 824. The Balaban J connectivity index is 1.69. The first kappa shape index (κ1) is 22.6. The fourth-order valence-electron chi connectivity index (χ4n) is 7.93. The molecule has 4 rings (SSSR count). The molecule has 1 unspecified atom stereocenters. The second kappa shape index (κ2) is 7.49. The first-order valence-corrected chi connectivity index (χ1v) is 11.4. The van der Waals surface area contributed by atoms with Crippen LogP contribution in [0.15, 0.2) is 11.6 Å². The highest BCUT2D eigenvalue weighted by molar-refractivity contribution is 5.92. The van der Waals surface area contributed by atoms with Gasteiger partial charge in [0.15, 0.2) is 5.78 Å². The fraction of sp³-hybridized carbons (Fsp3) is 0.792. The summed E-state index contributed by atoms with van der Waals surface area (Å²) in [6.07, 6.45) is 7.02. The topological polar surface area (TPSA) is 121 Å². The van der Waals surface area contributed by atoms with E-state index in [4.69, 9.17) is 4.74 Å². The third-order valence-corrected chi connectivity index (χ3v) is 9.41. The number of hydrogen-bond acceptors (Lipinski definition) is 7. The molecule has 3 saturated carbocycles. The molecule has 0 aromatic heterocycles. The van der Waals surface area contributed by atoms with Crippen molar-refractivity contribution in [2.45, 2.75) is 71.2 Å². The molecule has 7 atom stereocenters. The van der Waals surface area contributed by atoms with E-state index < -0.39 is 23.1 Å². The van der Waals surface area contributed by atoms with Gasteiger partial charge in [0, 0.05) is 12.3 Å². The van der Waals surface area contributed by atoms with Crippen molar-refractivity contribution < 1.29 is 34.4 Å². The fourth-order valence-corrected chi connectivity index (χ4v) is 7.93. The maximum absolute atomic E-state index is 12.6. The van der Waals surface area contributed by atoms with Gasteiger partial charge in [0.1, 0.15) is 0 Å². The molecule has 0 bridgehead atoms. The number of allylic oxidation sites excluding steroid dienone is 1. The highest BCUT2D eigenvalue weighted by Gasteiger charge is 2.63. The van der Waals surface area contributed by atoms with Gasteiger partial charge in [0.2, 0.25) is 5.78 Å². The quantitative estimate of drug-likeness (QED) is 0.458. The molecule has 0 heterocycles. The second-order valence-electron chi connectivity index (χ2n) is 10.7. The zero-order valence-electron chi connectivity index (χ0n) is 18.6. The van der Waals surface area contributed by atoms with Crippen molar-refractivity contribution in [3.63, 3.8) is 0 Å². The van der Waals surface area contributed by atoms with Crippen molar-refractivity contribution in [3.05, 3.63) is 11.6 Å². The summed E-state index contributed by atoms with van der Waals surface area (Å²) in [5.41, 5.74) is 0.508. The van der Waals surface area contributed by atoms with Crippen LogP contribution in [-0.4, -0.2) is 45.9 Å². The molecule has 0 amide bonds. The van der Waals surface area contributed by atoms with Crippen LogP contribution < -0.4 is 0 Å². The van der Waals surface area contributed by atoms with Gasteiger partial charge in [0.05, 0.1) is 13.5 Å². The Labute approximate surface area is 182 Å². The van der Waals surface area contributed by atoms with E-state index in [2.05, 4.69) is 6.92 Å². The van der Waals surface area contributed by atoms with Crippen LogP contribution in [0.3, 0.4) is 0 Å². The Morgan fingerprint density at radius 2 is 1.84 bits per heavy atom. The number of hydrogen-bond donors (Lipinski definition) is 3. The smallest absolute Gasteiger partial charge is 0.339 e. The SMILES string of the molecule is COC(=O)CC1C[C@H]2[C@@H]3CC[C@H](C(=O)C(O)(O)O)[C@@]3(C)CC[C@@H]2[C@@]2(C)CCC(=O)C=C12. The lowest BCUT2D eigenvalue weighted by molar-refractivity contribution is -0.291. The average molecular weight is 435 g/mol. The first-order valence-electron chi connectivity index (χ1n) is 11.4. The monoisotopic (exact) mass is 434 g/mol. The Kier molecular flexibility index (Phi) is 5.47. The maximum Gasteiger partial charge on any atom is 0.339 e. The summed E-state index contributed by atoms with van der Waals surface area (Å²) < 4.78 is 4.94. The number of methoxy groups -OCH3 is 1. The molecule has 31 heavy (non-hydrogen) atoms. The lowest BCUT2D eigenvalue weighted by Gasteiger charge is -2.59. The van der Waals surface area contributed by atoms with Gasteiger partial charge in [-0.05, 0) is 79.1 Å². The van der Waals surface area contributed by atoms with Crippen LogP contribution in [0.2, 0.25) is 0 Å². The second-order valence-corrected chi connectivity index (χ2v) is 10.7. The van der Waals surface area contributed by atoms with E-state index >= 15 is 0 Å². The molecular formula is C24H34O7. The van der Waals surface area contributed by atoms with Gasteiger partial charge in [0.25, 0.3) is 0 Å². The van der Waals surface area contributed by atoms with Gasteiger partial charge < -0.3 is 20.1 Å². The molecule has 0 aromatic rings. The largest absolute Gasteiger partial charge is 0.469 e. The Hall–Kier alpha value is -1.57. The van der Waals surface area contributed by atoms with Crippen LogP contribution in [0, 0.1) is 40.4 Å². The molecule has 0 aromatic carbocycles. The first-order chi connectivity index (χ1) is 14.4. The summed E-state index contributed by atoms with van der Waals surface area (Å²) in [6, 6.07) is 0. The standard InChI is InChI=1S/C24H34O7/c1-22-9-7-17-15(16(22)4-5-18(22)21(27)24(28,29)30)10-13(11-20(26)31-3)19-12-14(25)6-8-23(17,19)2/h12-13,15-18,28-30H,4-11H2,1-3H3/t13?,15-,16-,17-,18+,22-,23+/m0/s1. The van der Waals surface area contributed by atoms with E-state index in [-0.39, 0.29) is 41.3 Å². The van der Waals surface area contributed by atoms with Gasteiger partial charge in [-0.3, -0.25) is 14.4 Å². The maximum atomic E-state index is 12.6. The minimum absolute atomic E-state index is 0.0623. The highest BCUT2D eigenvalue weighted by Crippen LogP contribution is 2.68. The highest BCUT2D eigenvalue weighted by atomic mass is 16.7. The van der Waals surface area contributed by atoms with Crippen molar-refractivity contribution in [1.82, 2.24) is 0 Å². The number of ether oxygens (including phenoxy) is 1. The van der Waals surface area contributed by atoms with Crippen LogP contribution >= 0.6 is 0 Å². The van der Waals surface area contributed by atoms with Crippen molar-refractivity contribution in [3.8, 4) is 0 Å². The van der Waals surface area contributed by atoms with Gasteiger partial charge in [-0.15, -0.1) is 0 Å². The normalized spacial score (nSPS) is 42.2. The minimum atomic E-state index is -3.30. The Morgan fingerprint density at radius 3 is 2.48 bits per heavy atom. The van der Waals surface area contributed by atoms with Crippen molar-refractivity contribution in [2.24, 2.45) is 40.4 Å². The average Bonchev–Trinajstić information content (AvgIpc) is 3.05. The summed E-state index contributed by atoms with van der Waals surface area (Å²) in [4.78, 5) is 37.1. The van der Waals surface area contributed by atoms with Crippen LogP contribution in [0.1, 0.15) is 65.2 Å². The predicted octanol–water partition coefficient (Wildman–Crippen LogP) is 2.12. The number of carbonyl (C=O) groups is 3. The molecule has 7 heteroatoms. The van der Waals surface area contributed by atoms with Crippen LogP contribution in [0.5, 0.6) is 0 Å². The number of ketones is 2. The molecule has 3 N–H and O–H groups in total. The number of aliphatic hydroxyl groups is 3.